The van der Waals surface area contributed by atoms with Crippen molar-refractivity contribution in [3.05, 3.63) is 26.1 Å². The normalized spacial score (nSPS) is 10.8. The molecule has 0 fully saturated rings. The second-order valence-corrected chi connectivity index (χ2v) is 5.24. The van der Waals surface area contributed by atoms with Crippen molar-refractivity contribution in [2.45, 2.75) is 6.42 Å². The average molecular weight is 317 g/mol. The molecule has 2 heterocycles. The minimum atomic E-state index is -0.428. The predicted octanol–water partition coefficient (Wildman–Crippen LogP) is -0.489. The number of hydrogen-bond donors (Lipinski definition) is 2. The maximum atomic E-state index is 11.5. The zero-order chi connectivity index (χ0) is 16.2. The van der Waals surface area contributed by atoms with Crippen LogP contribution in [0.3, 0.4) is 0 Å². The van der Waals surface area contributed by atoms with Crippen molar-refractivity contribution >= 4 is 22.8 Å². The molecule has 0 unspecified atom stereocenters. The van der Waals surface area contributed by atoms with E-state index in [-0.39, 0.29) is 16.4 Å². The molecule has 0 amide bonds. The smallest absolute Gasteiger partial charge is 0.330 e. The number of imidazole rings is 1. The van der Waals surface area contributed by atoms with Gasteiger partial charge < -0.3 is 15.6 Å². The SMILES string of the molecule is CN(C)CCCN.Cn1c(=O)c2[nH]c(Cl)nc2n(C)c1=O. The fourth-order valence-corrected chi connectivity index (χ4v) is 1.88. The summed E-state index contributed by atoms with van der Waals surface area (Å²) in [5.74, 6) is 0. The van der Waals surface area contributed by atoms with E-state index in [1.807, 2.05) is 0 Å². The molecule has 0 atom stereocenters. The highest BCUT2D eigenvalue weighted by molar-refractivity contribution is 6.28. The molecule has 2 rings (SSSR count). The van der Waals surface area contributed by atoms with Crippen LogP contribution < -0.4 is 17.0 Å². The number of nitrogens with two attached hydrogens (primary N) is 1. The summed E-state index contributed by atoms with van der Waals surface area (Å²) in [4.78, 5) is 31.5. The van der Waals surface area contributed by atoms with Crippen LogP contribution in [0.15, 0.2) is 9.59 Å². The maximum absolute atomic E-state index is 11.5. The molecule has 0 radical (unpaired) electrons. The number of nitrogens with one attached hydrogen (secondary N) is 1. The Morgan fingerprint density at radius 1 is 1.29 bits per heavy atom. The van der Waals surface area contributed by atoms with Crippen molar-refractivity contribution in [1.29, 1.82) is 0 Å². The number of aromatic amines is 1. The molecular weight excluding hydrogens is 296 g/mol. The first kappa shape index (κ1) is 17.4. The molecule has 0 aromatic carbocycles. The van der Waals surface area contributed by atoms with Gasteiger partial charge in [-0.3, -0.25) is 13.9 Å². The molecule has 118 valence electrons. The number of rotatable bonds is 3. The highest BCUT2D eigenvalue weighted by atomic mass is 35.5. The average Bonchev–Trinajstić information content (AvgIpc) is 2.83. The van der Waals surface area contributed by atoms with E-state index >= 15 is 0 Å². The highest BCUT2D eigenvalue weighted by Crippen LogP contribution is 2.07. The van der Waals surface area contributed by atoms with Gasteiger partial charge in [-0.2, -0.15) is 4.98 Å². The first-order valence-corrected chi connectivity index (χ1v) is 6.83. The second-order valence-electron chi connectivity index (χ2n) is 4.88. The van der Waals surface area contributed by atoms with Gasteiger partial charge in [0.1, 0.15) is 0 Å². The summed E-state index contributed by atoms with van der Waals surface area (Å²) in [5, 5.41) is 0.0956. The molecule has 0 aliphatic heterocycles. The van der Waals surface area contributed by atoms with Crippen LogP contribution in [0.2, 0.25) is 5.28 Å². The minimum absolute atomic E-state index is 0.0956. The summed E-state index contributed by atoms with van der Waals surface area (Å²) in [7, 11) is 7.03. The molecule has 0 aliphatic rings. The van der Waals surface area contributed by atoms with Crippen LogP contribution >= 0.6 is 11.6 Å². The monoisotopic (exact) mass is 316 g/mol. The Balaban J connectivity index is 0.000000270. The lowest BCUT2D eigenvalue weighted by Crippen LogP contribution is -2.36. The van der Waals surface area contributed by atoms with Gasteiger partial charge in [-0.15, -0.1) is 0 Å². The topological polar surface area (TPSA) is 102 Å². The van der Waals surface area contributed by atoms with Gasteiger partial charge in [-0.1, -0.05) is 0 Å². The van der Waals surface area contributed by atoms with Crippen LogP contribution in [0, 0.1) is 0 Å². The fraction of sp³-hybridized carbons (Fsp3) is 0.583. The van der Waals surface area contributed by atoms with Gasteiger partial charge in [0.25, 0.3) is 5.56 Å². The number of aromatic nitrogens is 4. The van der Waals surface area contributed by atoms with Gasteiger partial charge >= 0.3 is 5.69 Å². The predicted molar refractivity (Wildman–Crippen MR) is 83.8 cm³/mol. The van der Waals surface area contributed by atoms with E-state index < -0.39 is 11.2 Å². The summed E-state index contributed by atoms with van der Waals surface area (Å²) >= 11 is 5.60. The Morgan fingerprint density at radius 3 is 2.38 bits per heavy atom. The molecule has 8 nitrogen and oxygen atoms in total. The molecule has 0 saturated carbocycles. The molecular formula is C12H21ClN6O2. The zero-order valence-corrected chi connectivity index (χ0v) is 13.4. The Bertz CT molecular complexity index is 715. The van der Waals surface area contributed by atoms with E-state index in [2.05, 4.69) is 29.0 Å². The third kappa shape index (κ3) is 4.16. The molecule has 0 bridgehead atoms. The Labute approximate surface area is 127 Å². The largest absolute Gasteiger partial charge is 0.332 e. The molecule has 0 aliphatic carbocycles. The van der Waals surface area contributed by atoms with Crippen LogP contribution in [0.4, 0.5) is 0 Å². The summed E-state index contributed by atoms with van der Waals surface area (Å²) < 4.78 is 2.26. The van der Waals surface area contributed by atoms with E-state index in [1.54, 1.807) is 0 Å². The van der Waals surface area contributed by atoms with Crippen LogP contribution in [-0.4, -0.2) is 51.2 Å². The van der Waals surface area contributed by atoms with Gasteiger partial charge in [0, 0.05) is 14.1 Å². The van der Waals surface area contributed by atoms with Crippen molar-refractivity contribution < 1.29 is 0 Å². The summed E-state index contributed by atoms with van der Waals surface area (Å²) in [6, 6.07) is 0. The van der Waals surface area contributed by atoms with Crippen LogP contribution in [0.25, 0.3) is 11.2 Å². The number of fused-ring (bicyclic) bond motifs is 1. The molecule has 0 saturated heterocycles. The Morgan fingerprint density at radius 2 is 1.90 bits per heavy atom. The molecule has 9 heteroatoms. The minimum Gasteiger partial charge on any atom is -0.330 e. The van der Waals surface area contributed by atoms with Gasteiger partial charge in [-0.05, 0) is 45.2 Å². The van der Waals surface area contributed by atoms with Crippen LogP contribution in [0.5, 0.6) is 0 Å². The van der Waals surface area contributed by atoms with Gasteiger partial charge in [0.2, 0.25) is 5.28 Å². The molecule has 21 heavy (non-hydrogen) atoms. The summed E-state index contributed by atoms with van der Waals surface area (Å²) in [6.07, 6.45) is 1.10. The lowest BCUT2D eigenvalue weighted by Gasteiger charge is -2.05. The maximum Gasteiger partial charge on any atom is 0.332 e. The third-order valence-corrected chi connectivity index (χ3v) is 3.05. The van der Waals surface area contributed by atoms with Crippen molar-refractivity contribution in [3.63, 3.8) is 0 Å². The molecule has 2 aromatic rings. The number of hydrogen-bond acceptors (Lipinski definition) is 5. The van der Waals surface area contributed by atoms with Crippen molar-refractivity contribution in [1.82, 2.24) is 24.0 Å². The van der Waals surface area contributed by atoms with Gasteiger partial charge in [0.15, 0.2) is 11.2 Å². The first-order chi connectivity index (χ1) is 9.79. The fourth-order valence-electron chi connectivity index (χ4n) is 1.71. The quantitative estimate of drug-likeness (QED) is 0.744. The van der Waals surface area contributed by atoms with Crippen molar-refractivity contribution in [2.75, 3.05) is 27.2 Å². The number of aryl methyl sites for hydroxylation is 1. The Kier molecular flexibility index (Phi) is 6.13. The van der Waals surface area contributed by atoms with Crippen LogP contribution in [0.1, 0.15) is 6.42 Å². The van der Waals surface area contributed by atoms with Crippen molar-refractivity contribution in [3.8, 4) is 0 Å². The lowest BCUT2D eigenvalue weighted by atomic mass is 10.4. The zero-order valence-electron chi connectivity index (χ0n) is 12.7. The number of halogens is 1. The highest BCUT2D eigenvalue weighted by Gasteiger charge is 2.11. The van der Waals surface area contributed by atoms with Crippen molar-refractivity contribution in [2.24, 2.45) is 19.8 Å². The lowest BCUT2D eigenvalue weighted by molar-refractivity contribution is 0.403. The number of nitrogens with zero attached hydrogens (tertiary/aromatic N) is 4. The summed E-state index contributed by atoms with van der Waals surface area (Å²) in [5.41, 5.74) is 4.90. The van der Waals surface area contributed by atoms with Gasteiger partial charge in [-0.25, -0.2) is 4.79 Å². The Hall–Kier alpha value is -1.64. The van der Waals surface area contributed by atoms with E-state index in [0.717, 1.165) is 24.1 Å². The molecule has 3 N–H and O–H groups in total. The standard InChI is InChI=1S/C7H7ClN4O2.C5H14N2/c1-11-4-3(9-6(8)10-4)5(13)12(2)7(11)14;1-7(2)5-3-4-6/h1-2H3,(H,9,10);3-6H2,1-2H3. The molecule has 0 spiro atoms. The van der Waals surface area contributed by atoms with Gasteiger partial charge in [0.05, 0.1) is 0 Å². The molecule has 2 aromatic heterocycles. The van der Waals surface area contributed by atoms with E-state index in [9.17, 15) is 9.59 Å². The number of H-pyrrole nitrogens is 1. The van der Waals surface area contributed by atoms with Crippen LogP contribution in [-0.2, 0) is 14.1 Å². The van der Waals surface area contributed by atoms with E-state index in [4.69, 9.17) is 17.3 Å². The summed E-state index contributed by atoms with van der Waals surface area (Å²) in [6.45, 7) is 1.91. The van der Waals surface area contributed by atoms with E-state index in [1.165, 1.54) is 18.7 Å². The van der Waals surface area contributed by atoms with E-state index in [0.29, 0.717) is 0 Å². The second kappa shape index (κ2) is 7.39. The first-order valence-electron chi connectivity index (χ1n) is 6.45. The third-order valence-electron chi connectivity index (χ3n) is 2.88.